The number of ether oxygens (including phenoxy) is 1. The van der Waals surface area contributed by atoms with Gasteiger partial charge in [-0.25, -0.2) is 0 Å². The van der Waals surface area contributed by atoms with Crippen molar-refractivity contribution < 1.29 is 9.53 Å². The molecule has 0 bridgehead atoms. The fourth-order valence-electron chi connectivity index (χ4n) is 1.92. The van der Waals surface area contributed by atoms with Crippen LogP contribution in [0, 0.1) is 0 Å². The molecule has 2 aromatic rings. The molecule has 0 fully saturated rings. The zero-order chi connectivity index (χ0) is 13.5. The lowest BCUT2D eigenvalue weighted by Crippen LogP contribution is -2.13. The molecule has 19 heavy (non-hydrogen) atoms. The van der Waals surface area contributed by atoms with Gasteiger partial charge in [0.15, 0.2) is 0 Å². The van der Waals surface area contributed by atoms with E-state index >= 15 is 0 Å². The first-order valence-electron chi connectivity index (χ1n) is 6.69. The number of aryl methyl sites for hydroxylation is 1. The highest BCUT2D eigenvalue weighted by atomic mass is 16.5. The normalized spacial score (nSPS) is 10.4. The molecular weight excluding hydrogens is 238 g/mol. The summed E-state index contributed by atoms with van der Waals surface area (Å²) < 4.78 is 7.39. The molecule has 0 saturated heterocycles. The van der Waals surface area contributed by atoms with Gasteiger partial charge in [-0.3, -0.25) is 4.79 Å². The zero-order valence-corrected chi connectivity index (χ0v) is 11.2. The van der Waals surface area contributed by atoms with E-state index in [2.05, 4.69) is 6.92 Å². The standard InChI is InChI=1S/C16H19NO2/c1-2-3-11-17-12-7-10-15(17)19-16(18)13-14-8-5-4-6-9-14/h4-10,12H,2-3,11,13H2,1H3. The molecule has 0 saturated carbocycles. The summed E-state index contributed by atoms with van der Waals surface area (Å²) in [5.41, 5.74) is 0.971. The van der Waals surface area contributed by atoms with Crippen molar-refractivity contribution in [3.8, 4) is 5.88 Å². The molecule has 3 heteroatoms. The van der Waals surface area contributed by atoms with E-state index in [1.807, 2.05) is 53.2 Å². The number of aromatic nitrogens is 1. The van der Waals surface area contributed by atoms with Crippen LogP contribution in [-0.2, 0) is 17.8 Å². The van der Waals surface area contributed by atoms with Crippen molar-refractivity contribution in [3.63, 3.8) is 0 Å². The van der Waals surface area contributed by atoms with Crippen LogP contribution in [0.2, 0.25) is 0 Å². The third kappa shape index (κ3) is 3.98. The van der Waals surface area contributed by atoms with Gasteiger partial charge in [-0.1, -0.05) is 43.7 Å². The molecule has 0 amide bonds. The molecule has 1 aromatic heterocycles. The Morgan fingerprint density at radius 1 is 1.16 bits per heavy atom. The first kappa shape index (κ1) is 13.4. The second-order valence-corrected chi connectivity index (χ2v) is 4.53. The maximum absolute atomic E-state index is 11.9. The van der Waals surface area contributed by atoms with Gasteiger partial charge in [-0.15, -0.1) is 0 Å². The molecule has 1 heterocycles. The van der Waals surface area contributed by atoms with Crippen molar-refractivity contribution in [2.75, 3.05) is 0 Å². The largest absolute Gasteiger partial charge is 0.409 e. The number of hydrogen-bond donors (Lipinski definition) is 0. The Morgan fingerprint density at radius 3 is 2.68 bits per heavy atom. The van der Waals surface area contributed by atoms with E-state index in [1.54, 1.807) is 0 Å². The summed E-state index contributed by atoms with van der Waals surface area (Å²) in [5, 5.41) is 0. The minimum absolute atomic E-state index is 0.220. The molecule has 0 radical (unpaired) electrons. The van der Waals surface area contributed by atoms with Crippen molar-refractivity contribution in [2.45, 2.75) is 32.7 Å². The van der Waals surface area contributed by atoms with Crippen LogP contribution in [0.3, 0.4) is 0 Å². The first-order valence-corrected chi connectivity index (χ1v) is 6.69. The Hall–Kier alpha value is -2.03. The lowest BCUT2D eigenvalue weighted by Gasteiger charge is -2.08. The van der Waals surface area contributed by atoms with Crippen molar-refractivity contribution in [1.29, 1.82) is 0 Å². The van der Waals surface area contributed by atoms with E-state index in [0.29, 0.717) is 12.3 Å². The second kappa shape index (κ2) is 6.78. The summed E-state index contributed by atoms with van der Waals surface area (Å²) in [6.07, 6.45) is 4.45. The Labute approximate surface area is 113 Å². The fraction of sp³-hybridized carbons (Fsp3) is 0.312. The highest BCUT2D eigenvalue weighted by molar-refractivity contribution is 5.74. The predicted molar refractivity (Wildman–Crippen MR) is 75.1 cm³/mol. The molecule has 0 unspecified atom stereocenters. The Balaban J connectivity index is 1.93. The van der Waals surface area contributed by atoms with Crippen LogP contribution in [0.15, 0.2) is 48.7 Å². The van der Waals surface area contributed by atoms with E-state index in [0.717, 1.165) is 24.9 Å². The van der Waals surface area contributed by atoms with Gasteiger partial charge in [0.2, 0.25) is 5.88 Å². The highest BCUT2D eigenvalue weighted by Crippen LogP contribution is 2.14. The monoisotopic (exact) mass is 257 g/mol. The second-order valence-electron chi connectivity index (χ2n) is 4.53. The number of benzene rings is 1. The minimum Gasteiger partial charge on any atom is -0.409 e. The van der Waals surface area contributed by atoms with Crippen LogP contribution in [0.5, 0.6) is 5.88 Å². The number of carbonyl (C=O) groups is 1. The summed E-state index contributed by atoms with van der Waals surface area (Å²) in [6.45, 7) is 3.03. The van der Waals surface area contributed by atoms with Crippen molar-refractivity contribution >= 4 is 5.97 Å². The van der Waals surface area contributed by atoms with E-state index in [-0.39, 0.29) is 5.97 Å². The third-order valence-electron chi connectivity index (χ3n) is 2.95. The number of hydrogen-bond acceptors (Lipinski definition) is 2. The van der Waals surface area contributed by atoms with Crippen molar-refractivity contribution in [2.24, 2.45) is 0 Å². The van der Waals surface area contributed by atoms with Gasteiger partial charge in [0.25, 0.3) is 0 Å². The molecule has 0 atom stereocenters. The molecule has 0 N–H and O–H groups in total. The predicted octanol–water partition coefficient (Wildman–Crippen LogP) is 3.44. The molecule has 1 aromatic carbocycles. The summed E-state index contributed by atoms with van der Waals surface area (Å²) in [5.74, 6) is 0.414. The van der Waals surface area contributed by atoms with E-state index in [9.17, 15) is 4.79 Å². The van der Waals surface area contributed by atoms with Gasteiger partial charge in [0, 0.05) is 18.8 Å². The van der Waals surface area contributed by atoms with Crippen molar-refractivity contribution in [1.82, 2.24) is 4.57 Å². The van der Waals surface area contributed by atoms with Crippen LogP contribution < -0.4 is 4.74 Å². The number of rotatable bonds is 6. The Morgan fingerprint density at radius 2 is 1.95 bits per heavy atom. The van der Waals surface area contributed by atoms with Gasteiger partial charge in [-0.05, 0) is 18.1 Å². The van der Waals surface area contributed by atoms with Crippen LogP contribution >= 0.6 is 0 Å². The molecular formula is C16H19NO2. The fourth-order valence-corrected chi connectivity index (χ4v) is 1.92. The molecule has 0 aliphatic carbocycles. The summed E-state index contributed by atoms with van der Waals surface area (Å²) in [4.78, 5) is 11.9. The van der Waals surface area contributed by atoms with Gasteiger partial charge >= 0.3 is 5.97 Å². The van der Waals surface area contributed by atoms with Crippen LogP contribution in [0.25, 0.3) is 0 Å². The first-order chi connectivity index (χ1) is 9.29. The summed E-state index contributed by atoms with van der Waals surface area (Å²) in [7, 11) is 0. The lowest BCUT2D eigenvalue weighted by atomic mass is 10.2. The van der Waals surface area contributed by atoms with Gasteiger partial charge in [0.1, 0.15) is 0 Å². The Kier molecular flexibility index (Phi) is 4.78. The lowest BCUT2D eigenvalue weighted by molar-refractivity contribution is -0.134. The third-order valence-corrected chi connectivity index (χ3v) is 2.95. The topological polar surface area (TPSA) is 31.2 Å². The zero-order valence-electron chi connectivity index (χ0n) is 11.2. The molecule has 0 spiro atoms. The quantitative estimate of drug-likeness (QED) is 0.742. The number of nitrogens with zero attached hydrogens (tertiary/aromatic N) is 1. The summed E-state index contributed by atoms with van der Waals surface area (Å²) >= 11 is 0. The maximum atomic E-state index is 11.9. The van der Waals surface area contributed by atoms with E-state index in [4.69, 9.17) is 4.74 Å². The van der Waals surface area contributed by atoms with Gasteiger partial charge < -0.3 is 9.30 Å². The number of esters is 1. The number of unbranched alkanes of at least 4 members (excludes halogenated alkanes) is 1. The van der Waals surface area contributed by atoms with E-state index in [1.165, 1.54) is 0 Å². The van der Waals surface area contributed by atoms with Crippen LogP contribution in [0.1, 0.15) is 25.3 Å². The average Bonchev–Trinajstić information content (AvgIpc) is 2.84. The molecule has 0 aliphatic heterocycles. The van der Waals surface area contributed by atoms with Gasteiger partial charge in [0.05, 0.1) is 6.42 Å². The van der Waals surface area contributed by atoms with Crippen LogP contribution in [-0.4, -0.2) is 10.5 Å². The molecule has 3 nitrogen and oxygen atoms in total. The minimum atomic E-state index is -0.220. The van der Waals surface area contributed by atoms with Crippen LogP contribution in [0.4, 0.5) is 0 Å². The van der Waals surface area contributed by atoms with Gasteiger partial charge in [-0.2, -0.15) is 0 Å². The highest BCUT2D eigenvalue weighted by Gasteiger charge is 2.09. The smallest absolute Gasteiger partial charge is 0.316 e. The SMILES string of the molecule is CCCCn1cccc1OC(=O)Cc1ccccc1. The number of carbonyl (C=O) groups excluding carboxylic acids is 1. The average molecular weight is 257 g/mol. The van der Waals surface area contributed by atoms with Crippen molar-refractivity contribution in [3.05, 3.63) is 54.2 Å². The molecule has 100 valence electrons. The Bertz CT molecular complexity index is 517. The maximum Gasteiger partial charge on any atom is 0.316 e. The summed E-state index contributed by atoms with van der Waals surface area (Å²) in [6, 6.07) is 13.4. The molecule has 2 rings (SSSR count). The van der Waals surface area contributed by atoms with E-state index < -0.39 is 0 Å². The molecule has 0 aliphatic rings.